The third kappa shape index (κ3) is 2.30. The van der Waals surface area contributed by atoms with Crippen LogP contribution in [0.4, 0.5) is 0 Å². The van der Waals surface area contributed by atoms with Gasteiger partial charge in [0.05, 0.1) is 11.7 Å². The number of Topliss-reactive ketones (excluding diaryl/α,β-unsaturated/α-hetero) is 1. The molecule has 0 unspecified atom stereocenters. The van der Waals surface area contributed by atoms with Crippen LogP contribution in [-0.2, 0) is 4.79 Å². The van der Waals surface area contributed by atoms with E-state index in [1.165, 1.54) is 25.7 Å². The van der Waals surface area contributed by atoms with Crippen LogP contribution >= 0.6 is 0 Å². The molecule has 0 bridgehead atoms. The summed E-state index contributed by atoms with van der Waals surface area (Å²) in [7, 11) is 0. The summed E-state index contributed by atoms with van der Waals surface area (Å²) < 4.78 is 0. The van der Waals surface area contributed by atoms with Crippen molar-refractivity contribution in [2.45, 2.75) is 110 Å². The Bertz CT molecular complexity index is 704. The lowest BCUT2D eigenvalue weighted by Gasteiger charge is -2.66. The van der Waals surface area contributed by atoms with E-state index in [0.29, 0.717) is 35.9 Å². The molecule has 3 heteroatoms. The maximum Gasteiger partial charge on any atom is 0.136 e. The van der Waals surface area contributed by atoms with E-state index in [0.717, 1.165) is 38.5 Å². The van der Waals surface area contributed by atoms with Crippen LogP contribution in [-0.4, -0.2) is 27.7 Å². The molecule has 10 atom stereocenters. The molecule has 0 aromatic rings. The number of rotatable bonds is 1. The van der Waals surface area contributed by atoms with Gasteiger partial charge >= 0.3 is 0 Å². The minimum atomic E-state index is -0.733. The van der Waals surface area contributed by atoms with Gasteiger partial charge in [-0.15, -0.1) is 0 Å². The fourth-order valence-electron chi connectivity index (χ4n) is 10.5. The molecule has 0 aliphatic heterocycles. The van der Waals surface area contributed by atoms with Gasteiger partial charge in [-0.25, -0.2) is 0 Å². The molecule has 5 rings (SSSR count). The molecule has 5 aliphatic rings. The number of carbonyl (C=O) groups excluding carboxylic acids is 1. The van der Waals surface area contributed by atoms with Gasteiger partial charge in [0.2, 0.25) is 0 Å². The second kappa shape index (κ2) is 6.31. The van der Waals surface area contributed by atoms with Crippen LogP contribution in [0.3, 0.4) is 0 Å². The summed E-state index contributed by atoms with van der Waals surface area (Å²) in [6.45, 7) is 8.96. The summed E-state index contributed by atoms with van der Waals surface area (Å²) in [5.74, 6) is 3.08. The molecular weight excluding hydrogens is 360 g/mol. The minimum absolute atomic E-state index is 0.0818. The lowest BCUT2D eigenvalue weighted by atomic mass is 9.40. The average molecular weight is 403 g/mol. The number of carbonyl (C=O) groups is 1. The van der Waals surface area contributed by atoms with Crippen molar-refractivity contribution in [1.82, 2.24) is 0 Å². The lowest BCUT2D eigenvalue weighted by molar-refractivity contribution is -0.246. The number of hydrogen-bond acceptors (Lipinski definition) is 3. The Balaban J connectivity index is 1.55. The molecule has 3 nitrogen and oxygen atoms in total. The predicted octanol–water partition coefficient (Wildman–Crippen LogP) is 5.13. The molecule has 0 spiro atoms. The zero-order chi connectivity index (χ0) is 20.8. The highest BCUT2D eigenvalue weighted by Crippen LogP contribution is 2.75. The van der Waals surface area contributed by atoms with Crippen LogP contribution in [0.25, 0.3) is 0 Å². The number of aliphatic hydroxyl groups is 2. The monoisotopic (exact) mass is 402 g/mol. The summed E-state index contributed by atoms with van der Waals surface area (Å²) in [4.78, 5) is 13.2. The Morgan fingerprint density at radius 2 is 1.66 bits per heavy atom. The van der Waals surface area contributed by atoms with E-state index < -0.39 is 5.60 Å². The number of aliphatic hydroxyl groups excluding tert-OH is 1. The van der Waals surface area contributed by atoms with E-state index in [9.17, 15) is 15.0 Å². The number of hydrogen-bond donors (Lipinski definition) is 2. The fourth-order valence-corrected chi connectivity index (χ4v) is 10.5. The second-order valence-electron chi connectivity index (χ2n) is 12.4. The summed E-state index contributed by atoms with van der Waals surface area (Å²) in [5, 5.41) is 22.2. The Morgan fingerprint density at radius 3 is 2.38 bits per heavy atom. The van der Waals surface area contributed by atoms with Crippen molar-refractivity contribution in [1.29, 1.82) is 0 Å². The van der Waals surface area contributed by atoms with Crippen molar-refractivity contribution >= 4 is 5.78 Å². The molecule has 5 fully saturated rings. The Labute approximate surface area is 177 Å². The maximum absolute atomic E-state index is 13.2. The summed E-state index contributed by atoms with van der Waals surface area (Å²) in [6, 6.07) is 0. The fraction of sp³-hybridized carbons (Fsp3) is 0.962. The normalized spacial score (nSPS) is 59.2. The third-order valence-electron chi connectivity index (χ3n) is 11.9. The molecule has 0 radical (unpaired) electrons. The largest absolute Gasteiger partial charge is 0.393 e. The molecular formula is C26H42O3. The van der Waals surface area contributed by atoms with E-state index >= 15 is 0 Å². The third-order valence-corrected chi connectivity index (χ3v) is 11.9. The number of ketones is 1. The van der Waals surface area contributed by atoms with Crippen LogP contribution < -0.4 is 0 Å². The minimum Gasteiger partial charge on any atom is -0.393 e. The topological polar surface area (TPSA) is 57.5 Å². The van der Waals surface area contributed by atoms with Gasteiger partial charge in [-0.1, -0.05) is 33.6 Å². The van der Waals surface area contributed by atoms with Gasteiger partial charge in [-0.05, 0) is 98.7 Å². The quantitative estimate of drug-likeness (QED) is 0.639. The first-order chi connectivity index (χ1) is 13.6. The molecule has 0 aromatic heterocycles. The molecule has 0 saturated heterocycles. The van der Waals surface area contributed by atoms with Gasteiger partial charge in [-0.2, -0.15) is 0 Å². The smallest absolute Gasteiger partial charge is 0.136 e. The van der Waals surface area contributed by atoms with Gasteiger partial charge in [0, 0.05) is 11.8 Å². The lowest BCUT2D eigenvalue weighted by Crippen LogP contribution is -2.66. The van der Waals surface area contributed by atoms with Crippen LogP contribution in [0.5, 0.6) is 0 Å². The van der Waals surface area contributed by atoms with Crippen molar-refractivity contribution in [3.63, 3.8) is 0 Å². The van der Waals surface area contributed by atoms with Crippen molar-refractivity contribution < 1.29 is 15.0 Å². The molecule has 2 N–H and O–H groups in total. The maximum atomic E-state index is 13.2. The van der Waals surface area contributed by atoms with E-state index in [1.54, 1.807) is 0 Å². The first-order valence-corrected chi connectivity index (χ1v) is 12.5. The molecule has 0 aromatic carbocycles. The molecule has 0 amide bonds. The van der Waals surface area contributed by atoms with Crippen molar-refractivity contribution in [3.05, 3.63) is 0 Å². The van der Waals surface area contributed by atoms with Crippen LogP contribution in [0.15, 0.2) is 0 Å². The molecule has 29 heavy (non-hydrogen) atoms. The Morgan fingerprint density at radius 1 is 0.931 bits per heavy atom. The molecule has 0 heterocycles. The van der Waals surface area contributed by atoms with Gasteiger partial charge in [-0.3, -0.25) is 4.79 Å². The van der Waals surface area contributed by atoms with Crippen molar-refractivity contribution in [2.24, 2.45) is 45.8 Å². The van der Waals surface area contributed by atoms with Crippen LogP contribution in [0.1, 0.15) is 98.3 Å². The predicted molar refractivity (Wildman–Crippen MR) is 114 cm³/mol. The highest BCUT2D eigenvalue weighted by molar-refractivity contribution is 5.84. The highest BCUT2D eigenvalue weighted by Gasteiger charge is 2.71. The Kier molecular flexibility index (Phi) is 4.46. The van der Waals surface area contributed by atoms with Gasteiger partial charge in [0.25, 0.3) is 0 Å². The van der Waals surface area contributed by atoms with E-state index in [-0.39, 0.29) is 28.3 Å². The van der Waals surface area contributed by atoms with E-state index in [4.69, 9.17) is 0 Å². The standard InChI is InChI=1S/C26H42O3/c1-16-13-20-21(24(4)11-8-19(28)15-26(16,24)29)9-12-23(3)22(20)14-18-7-5-6-10-25(18,23)17(2)27/h16,18-22,28-29H,5-15H2,1-4H3/t16-,18+,19-,20+,21+,22+,23-,24+,25-,26-/m0/s1. The highest BCUT2D eigenvalue weighted by atomic mass is 16.3. The SMILES string of the molecule is CC(=O)[C@@]12CCCC[C@@H]1C[C@@H]1[C@@H]3C[C@H](C)[C@@]4(O)C[C@@H](O)CC[C@]4(C)[C@@H]3CC[C@@]12C. The second-order valence-corrected chi connectivity index (χ2v) is 12.4. The molecule has 5 aliphatic carbocycles. The molecule has 5 saturated carbocycles. The van der Waals surface area contributed by atoms with E-state index in [2.05, 4.69) is 20.8 Å². The Hall–Kier alpha value is -0.410. The van der Waals surface area contributed by atoms with Crippen LogP contribution in [0, 0.1) is 45.8 Å². The zero-order valence-electron chi connectivity index (χ0n) is 19.0. The van der Waals surface area contributed by atoms with Gasteiger partial charge < -0.3 is 10.2 Å². The molecule has 164 valence electrons. The first kappa shape index (κ1) is 20.5. The zero-order valence-corrected chi connectivity index (χ0v) is 19.0. The summed E-state index contributed by atoms with van der Waals surface area (Å²) >= 11 is 0. The summed E-state index contributed by atoms with van der Waals surface area (Å²) in [5.41, 5.74) is -0.761. The van der Waals surface area contributed by atoms with Crippen molar-refractivity contribution in [2.75, 3.05) is 0 Å². The van der Waals surface area contributed by atoms with Gasteiger partial charge in [0.1, 0.15) is 5.78 Å². The summed E-state index contributed by atoms with van der Waals surface area (Å²) in [6.07, 6.45) is 11.5. The van der Waals surface area contributed by atoms with Gasteiger partial charge in [0.15, 0.2) is 0 Å². The first-order valence-electron chi connectivity index (χ1n) is 12.5. The van der Waals surface area contributed by atoms with Crippen LogP contribution in [0.2, 0.25) is 0 Å². The number of fused-ring (bicyclic) bond motifs is 7. The van der Waals surface area contributed by atoms with Crippen molar-refractivity contribution in [3.8, 4) is 0 Å². The average Bonchev–Trinajstić information content (AvgIpc) is 2.95. The van der Waals surface area contributed by atoms with E-state index in [1.807, 2.05) is 6.92 Å².